The van der Waals surface area contributed by atoms with E-state index in [1.165, 1.54) is 0 Å². The first-order chi connectivity index (χ1) is 12.5. The van der Waals surface area contributed by atoms with E-state index in [0.29, 0.717) is 28.6 Å². The minimum atomic E-state index is -0.420. The number of rotatable bonds is 2. The number of benzene rings is 2. The third kappa shape index (κ3) is 2.73. The van der Waals surface area contributed by atoms with Crippen molar-refractivity contribution in [2.24, 2.45) is 5.73 Å². The summed E-state index contributed by atoms with van der Waals surface area (Å²) in [5, 5.41) is 9.75. The Morgan fingerprint density at radius 1 is 1.12 bits per heavy atom. The number of methoxy groups -OCH3 is 1. The van der Waals surface area contributed by atoms with E-state index in [9.17, 15) is 5.26 Å². The first-order valence-corrected chi connectivity index (χ1v) is 9.73. The number of halogens is 2. The highest BCUT2D eigenvalue weighted by Gasteiger charge is 2.35. The van der Waals surface area contributed by atoms with Crippen molar-refractivity contribution < 1.29 is 18.9 Å². The minimum absolute atomic E-state index is 0.0831. The minimum Gasteiger partial charge on any atom is -0.495 e. The van der Waals surface area contributed by atoms with Crippen LogP contribution in [0.2, 0.25) is 0 Å². The molecule has 0 radical (unpaired) electrons. The van der Waals surface area contributed by atoms with Crippen LogP contribution in [0.25, 0.3) is 0 Å². The Bertz CT molecular complexity index is 998. The number of hydrogen-bond acceptors (Lipinski definition) is 6. The zero-order chi connectivity index (χ0) is 18.4. The molecule has 26 heavy (non-hydrogen) atoms. The Balaban J connectivity index is 2.00. The highest BCUT2D eigenvalue weighted by molar-refractivity contribution is 14.1. The number of nitrogens with zero attached hydrogens (tertiary/aromatic N) is 1. The molecule has 2 N–H and O–H groups in total. The number of hydrogen-bond donors (Lipinski definition) is 1. The predicted molar refractivity (Wildman–Crippen MR) is 110 cm³/mol. The molecule has 0 aromatic heterocycles. The summed E-state index contributed by atoms with van der Waals surface area (Å²) in [5.41, 5.74) is 8.04. The van der Waals surface area contributed by atoms with E-state index in [2.05, 4.69) is 51.3 Å². The van der Waals surface area contributed by atoms with Gasteiger partial charge < -0.3 is 24.7 Å². The SMILES string of the molecule is COc1c(I)cc(I)cc1[C@@H]1C(C#N)=C(N)Oc2cc3c(cc21)OCO3. The Labute approximate surface area is 177 Å². The molecule has 6 nitrogen and oxygen atoms in total. The van der Waals surface area contributed by atoms with Gasteiger partial charge in [0.1, 0.15) is 23.1 Å². The van der Waals surface area contributed by atoms with E-state index in [1.54, 1.807) is 13.2 Å². The van der Waals surface area contributed by atoms with E-state index >= 15 is 0 Å². The van der Waals surface area contributed by atoms with Gasteiger partial charge in [-0.2, -0.15) is 5.26 Å². The van der Waals surface area contributed by atoms with Crippen molar-refractivity contribution in [1.82, 2.24) is 0 Å². The van der Waals surface area contributed by atoms with Crippen LogP contribution in [0.5, 0.6) is 23.0 Å². The van der Waals surface area contributed by atoms with Crippen LogP contribution in [0.3, 0.4) is 0 Å². The lowest BCUT2D eigenvalue weighted by Crippen LogP contribution is -2.21. The largest absolute Gasteiger partial charge is 0.495 e. The van der Waals surface area contributed by atoms with Gasteiger partial charge in [0.15, 0.2) is 11.5 Å². The molecule has 8 heteroatoms. The third-order valence-electron chi connectivity index (χ3n) is 4.26. The van der Waals surface area contributed by atoms with E-state index in [-0.39, 0.29) is 12.7 Å². The van der Waals surface area contributed by atoms with Gasteiger partial charge in [-0.1, -0.05) is 0 Å². The van der Waals surface area contributed by atoms with E-state index < -0.39 is 5.92 Å². The summed E-state index contributed by atoms with van der Waals surface area (Å²) in [6.45, 7) is 0.154. The smallest absolute Gasteiger partial charge is 0.231 e. The second-order valence-electron chi connectivity index (χ2n) is 5.68. The Morgan fingerprint density at radius 2 is 1.85 bits per heavy atom. The zero-order valence-corrected chi connectivity index (χ0v) is 17.8. The second-order valence-corrected chi connectivity index (χ2v) is 8.09. The molecule has 0 fully saturated rings. The van der Waals surface area contributed by atoms with Crippen LogP contribution >= 0.6 is 45.2 Å². The maximum absolute atomic E-state index is 9.75. The third-order valence-corrected chi connectivity index (χ3v) is 5.69. The fourth-order valence-corrected chi connectivity index (χ4v) is 5.29. The number of ether oxygens (including phenoxy) is 4. The van der Waals surface area contributed by atoms with Crippen LogP contribution in [-0.2, 0) is 0 Å². The normalized spacial score (nSPS) is 17.4. The Morgan fingerprint density at radius 3 is 2.54 bits per heavy atom. The molecule has 0 saturated heterocycles. The highest BCUT2D eigenvalue weighted by Crippen LogP contribution is 2.50. The number of nitriles is 1. The molecule has 0 aliphatic carbocycles. The van der Waals surface area contributed by atoms with Gasteiger partial charge >= 0.3 is 0 Å². The molecular formula is C18H12I2N2O4. The summed E-state index contributed by atoms with van der Waals surface area (Å²) in [7, 11) is 1.62. The number of fused-ring (bicyclic) bond motifs is 2. The second kappa shape index (κ2) is 6.70. The van der Waals surface area contributed by atoms with E-state index in [0.717, 1.165) is 18.3 Å². The molecule has 132 valence electrons. The highest BCUT2D eigenvalue weighted by atomic mass is 127. The van der Waals surface area contributed by atoms with Gasteiger partial charge in [0.25, 0.3) is 0 Å². The fourth-order valence-electron chi connectivity index (χ4n) is 3.18. The standard InChI is InChI=1S/C18H12I2N2O4/c1-23-17-10(2-8(19)3-12(17)20)16-9-4-14-15(25-7-24-14)5-13(9)26-18(22)11(16)6-21/h2-5,16H,7,22H2,1H3/t16-/m1/s1. The van der Waals surface area contributed by atoms with Crippen LogP contribution < -0.4 is 24.7 Å². The zero-order valence-electron chi connectivity index (χ0n) is 13.5. The molecule has 2 aliphatic heterocycles. The van der Waals surface area contributed by atoms with Crippen molar-refractivity contribution in [2.75, 3.05) is 13.9 Å². The average molecular weight is 574 g/mol. The van der Waals surface area contributed by atoms with Crippen molar-refractivity contribution in [1.29, 1.82) is 5.26 Å². The lowest BCUT2D eigenvalue weighted by molar-refractivity contribution is 0.174. The molecule has 4 rings (SSSR count). The Kier molecular flexibility index (Phi) is 4.52. The summed E-state index contributed by atoms with van der Waals surface area (Å²) in [6, 6.07) is 9.80. The first-order valence-electron chi connectivity index (χ1n) is 7.57. The van der Waals surface area contributed by atoms with Gasteiger partial charge in [-0.3, -0.25) is 0 Å². The molecule has 2 aromatic rings. The lowest BCUT2D eigenvalue weighted by atomic mass is 9.83. The van der Waals surface area contributed by atoms with Crippen LogP contribution in [0.1, 0.15) is 17.0 Å². The van der Waals surface area contributed by atoms with Crippen molar-refractivity contribution in [3.8, 4) is 29.1 Å². The van der Waals surface area contributed by atoms with Gasteiger partial charge in [-0.15, -0.1) is 0 Å². The number of nitrogens with two attached hydrogens (primary N) is 1. The summed E-state index contributed by atoms with van der Waals surface area (Å²) in [4.78, 5) is 0. The summed E-state index contributed by atoms with van der Waals surface area (Å²) >= 11 is 4.47. The topological polar surface area (TPSA) is 86.7 Å². The Hall–Kier alpha value is -1.87. The van der Waals surface area contributed by atoms with Crippen molar-refractivity contribution in [3.63, 3.8) is 0 Å². The van der Waals surface area contributed by atoms with Crippen LogP contribution in [0.4, 0.5) is 0 Å². The molecule has 2 heterocycles. The summed E-state index contributed by atoms with van der Waals surface area (Å²) in [5.74, 6) is 2.14. The molecule has 0 unspecified atom stereocenters. The quantitative estimate of drug-likeness (QED) is 0.549. The number of allylic oxidation sites excluding steroid dienone is 1. The average Bonchev–Trinajstić information content (AvgIpc) is 3.05. The van der Waals surface area contributed by atoms with Gasteiger partial charge in [-0.25, -0.2) is 0 Å². The molecule has 0 amide bonds. The van der Waals surface area contributed by atoms with Crippen molar-refractivity contribution in [3.05, 3.63) is 54.0 Å². The maximum atomic E-state index is 9.75. The summed E-state index contributed by atoms with van der Waals surface area (Å²) < 4.78 is 24.3. The van der Waals surface area contributed by atoms with Crippen molar-refractivity contribution >= 4 is 45.2 Å². The molecule has 2 aliphatic rings. The molecule has 0 bridgehead atoms. The van der Waals surface area contributed by atoms with E-state index in [1.807, 2.05) is 18.2 Å². The molecule has 1 atom stereocenters. The van der Waals surface area contributed by atoms with Crippen LogP contribution in [0, 0.1) is 18.5 Å². The fraction of sp³-hybridized carbons (Fsp3) is 0.167. The lowest BCUT2D eigenvalue weighted by Gasteiger charge is -2.28. The monoisotopic (exact) mass is 574 g/mol. The van der Waals surface area contributed by atoms with Gasteiger partial charge in [0.2, 0.25) is 12.7 Å². The first kappa shape index (κ1) is 17.5. The summed E-state index contributed by atoms with van der Waals surface area (Å²) in [6.07, 6.45) is 0. The van der Waals surface area contributed by atoms with Crippen LogP contribution in [0.15, 0.2) is 35.7 Å². The van der Waals surface area contributed by atoms with Gasteiger partial charge in [0.05, 0.1) is 16.6 Å². The molecule has 0 spiro atoms. The van der Waals surface area contributed by atoms with Gasteiger partial charge in [0, 0.05) is 20.8 Å². The van der Waals surface area contributed by atoms with Crippen LogP contribution in [-0.4, -0.2) is 13.9 Å². The molecular weight excluding hydrogens is 562 g/mol. The molecule has 2 aromatic carbocycles. The van der Waals surface area contributed by atoms with Gasteiger partial charge in [-0.05, 0) is 63.4 Å². The maximum Gasteiger partial charge on any atom is 0.231 e. The van der Waals surface area contributed by atoms with Crippen molar-refractivity contribution in [2.45, 2.75) is 5.92 Å². The van der Waals surface area contributed by atoms with E-state index in [4.69, 9.17) is 24.7 Å². The predicted octanol–water partition coefficient (Wildman–Crippen LogP) is 3.85. The molecule has 0 saturated carbocycles.